The van der Waals surface area contributed by atoms with Crippen LogP contribution in [0.2, 0.25) is 0 Å². The van der Waals surface area contributed by atoms with Gasteiger partial charge in [0, 0.05) is 18.1 Å². The minimum Gasteiger partial charge on any atom is -0.460 e. The lowest BCUT2D eigenvalue weighted by atomic mass is 9.98. The molecular formula is C16H22NO+. The Labute approximate surface area is 109 Å². The highest BCUT2D eigenvalue weighted by molar-refractivity contribution is 5.80. The molecule has 0 unspecified atom stereocenters. The average Bonchev–Trinajstić information content (AvgIpc) is 2.72. The highest BCUT2D eigenvalue weighted by atomic mass is 16.3. The summed E-state index contributed by atoms with van der Waals surface area (Å²) in [5.74, 6) is 1.25. The molecule has 0 aromatic carbocycles. The van der Waals surface area contributed by atoms with Gasteiger partial charge in [-0.25, -0.2) is 4.57 Å². The number of nitrogens with zero attached hydrogens (tertiary/aromatic N) is 1. The van der Waals surface area contributed by atoms with Crippen molar-refractivity contribution in [3.8, 4) is 0 Å². The van der Waals surface area contributed by atoms with Crippen LogP contribution in [0.3, 0.4) is 0 Å². The number of furan rings is 1. The van der Waals surface area contributed by atoms with Gasteiger partial charge in [0.15, 0.2) is 12.4 Å². The van der Waals surface area contributed by atoms with E-state index in [9.17, 15) is 0 Å². The molecule has 0 fully saturated rings. The van der Waals surface area contributed by atoms with Crippen LogP contribution < -0.4 is 4.57 Å². The fourth-order valence-electron chi connectivity index (χ4n) is 3.02. The van der Waals surface area contributed by atoms with E-state index >= 15 is 0 Å². The lowest BCUT2D eigenvalue weighted by molar-refractivity contribution is -0.670. The molecule has 3 rings (SSSR count). The van der Waals surface area contributed by atoms with Crippen molar-refractivity contribution in [2.75, 3.05) is 0 Å². The summed E-state index contributed by atoms with van der Waals surface area (Å²) in [5, 5.41) is 1.33. The number of hydrogen-bond acceptors (Lipinski definition) is 1. The molecule has 2 heteroatoms. The minimum absolute atomic E-state index is 1.07. The van der Waals surface area contributed by atoms with Crippen molar-refractivity contribution in [2.24, 2.45) is 7.05 Å². The van der Waals surface area contributed by atoms with Gasteiger partial charge >= 0.3 is 0 Å². The molecule has 2 aromatic heterocycles. The first kappa shape index (κ1) is 11.8. The molecule has 18 heavy (non-hydrogen) atoms. The molecule has 0 aliphatic heterocycles. The van der Waals surface area contributed by atoms with Crippen LogP contribution in [0, 0.1) is 0 Å². The van der Waals surface area contributed by atoms with Crippen molar-refractivity contribution in [1.82, 2.24) is 0 Å². The molecular weight excluding hydrogens is 222 g/mol. The van der Waals surface area contributed by atoms with Crippen LogP contribution in [-0.2, 0) is 19.9 Å². The summed E-state index contributed by atoms with van der Waals surface area (Å²) in [6, 6.07) is 2.10. The van der Waals surface area contributed by atoms with Gasteiger partial charge in [0.25, 0.3) is 0 Å². The lowest BCUT2D eigenvalue weighted by Gasteiger charge is -2.07. The summed E-state index contributed by atoms with van der Waals surface area (Å²) >= 11 is 0. The summed E-state index contributed by atoms with van der Waals surface area (Å²) in [6.07, 6.45) is 14.7. The second-order valence-electron chi connectivity index (χ2n) is 5.51. The van der Waals surface area contributed by atoms with Gasteiger partial charge in [0.1, 0.15) is 18.4 Å². The molecule has 2 nitrogen and oxygen atoms in total. The molecule has 0 amide bonds. The summed E-state index contributed by atoms with van der Waals surface area (Å²) in [5.41, 5.74) is 2.54. The smallest absolute Gasteiger partial charge is 0.179 e. The Bertz CT molecular complexity index is 541. The SMILES string of the molecule is C[n+]1ccc2oc3c(c2c1)CCCCCCCC3. The van der Waals surface area contributed by atoms with Gasteiger partial charge in [-0.1, -0.05) is 25.7 Å². The largest absolute Gasteiger partial charge is 0.460 e. The van der Waals surface area contributed by atoms with Crippen LogP contribution >= 0.6 is 0 Å². The normalized spacial score (nSPS) is 17.6. The zero-order chi connectivity index (χ0) is 12.4. The van der Waals surface area contributed by atoms with Crippen LogP contribution in [-0.4, -0.2) is 0 Å². The molecule has 2 aromatic rings. The highest BCUT2D eigenvalue weighted by Crippen LogP contribution is 2.28. The third-order valence-corrected chi connectivity index (χ3v) is 4.03. The van der Waals surface area contributed by atoms with Crippen molar-refractivity contribution < 1.29 is 8.98 Å². The van der Waals surface area contributed by atoms with Gasteiger partial charge in [0.2, 0.25) is 0 Å². The van der Waals surface area contributed by atoms with Crippen molar-refractivity contribution in [1.29, 1.82) is 0 Å². The van der Waals surface area contributed by atoms with E-state index in [-0.39, 0.29) is 0 Å². The van der Waals surface area contributed by atoms with Crippen molar-refractivity contribution in [3.05, 3.63) is 29.8 Å². The Morgan fingerprint density at radius 3 is 2.56 bits per heavy atom. The summed E-state index contributed by atoms with van der Waals surface area (Å²) in [4.78, 5) is 0. The average molecular weight is 244 g/mol. The maximum atomic E-state index is 6.06. The number of pyridine rings is 1. The number of aryl methyl sites for hydroxylation is 3. The molecule has 0 spiro atoms. The topological polar surface area (TPSA) is 17.0 Å². The number of hydrogen-bond donors (Lipinski definition) is 0. The summed E-state index contributed by atoms with van der Waals surface area (Å²) in [7, 11) is 2.08. The summed E-state index contributed by atoms with van der Waals surface area (Å²) < 4.78 is 8.19. The molecule has 0 atom stereocenters. The van der Waals surface area contributed by atoms with Crippen LogP contribution in [0.1, 0.15) is 49.8 Å². The summed E-state index contributed by atoms with van der Waals surface area (Å²) in [6.45, 7) is 0. The minimum atomic E-state index is 1.07. The zero-order valence-electron chi connectivity index (χ0n) is 11.2. The van der Waals surface area contributed by atoms with Gasteiger partial charge in [0.05, 0.1) is 5.39 Å². The predicted molar refractivity (Wildman–Crippen MR) is 72.5 cm³/mol. The van der Waals surface area contributed by atoms with Gasteiger partial charge in [-0.2, -0.15) is 0 Å². The monoisotopic (exact) mass is 244 g/mol. The quantitative estimate of drug-likeness (QED) is 0.646. The third-order valence-electron chi connectivity index (χ3n) is 4.03. The highest BCUT2D eigenvalue weighted by Gasteiger charge is 2.16. The van der Waals surface area contributed by atoms with Gasteiger partial charge in [-0.15, -0.1) is 0 Å². The number of fused-ring (bicyclic) bond motifs is 3. The van der Waals surface area contributed by atoms with E-state index < -0.39 is 0 Å². The second-order valence-corrected chi connectivity index (χ2v) is 5.51. The molecule has 96 valence electrons. The first-order chi connectivity index (χ1) is 8.84. The van der Waals surface area contributed by atoms with Gasteiger partial charge in [-0.3, -0.25) is 0 Å². The molecule has 0 bridgehead atoms. The fourth-order valence-corrected chi connectivity index (χ4v) is 3.02. The third kappa shape index (κ3) is 2.29. The molecule has 1 aliphatic carbocycles. The van der Waals surface area contributed by atoms with Crippen LogP contribution in [0.5, 0.6) is 0 Å². The van der Waals surface area contributed by atoms with E-state index in [2.05, 4.69) is 30.1 Å². The molecule has 2 heterocycles. The Hall–Kier alpha value is -1.31. The van der Waals surface area contributed by atoms with E-state index in [0.29, 0.717) is 0 Å². The maximum absolute atomic E-state index is 6.06. The van der Waals surface area contributed by atoms with E-state index in [1.54, 1.807) is 0 Å². The Balaban J connectivity index is 2.03. The van der Waals surface area contributed by atoms with Crippen molar-refractivity contribution in [2.45, 2.75) is 51.4 Å². The molecule has 0 saturated heterocycles. The Morgan fingerprint density at radius 1 is 1.00 bits per heavy atom. The van der Waals surface area contributed by atoms with E-state index in [1.165, 1.54) is 61.7 Å². The van der Waals surface area contributed by atoms with Crippen LogP contribution in [0.4, 0.5) is 0 Å². The first-order valence-electron chi connectivity index (χ1n) is 7.24. The second kappa shape index (κ2) is 5.13. The Kier molecular flexibility index (Phi) is 3.35. The molecule has 1 aliphatic rings. The maximum Gasteiger partial charge on any atom is 0.179 e. The predicted octanol–water partition coefficient (Wildman–Crippen LogP) is 3.70. The molecule has 0 saturated carbocycles. The van der Waals surface area contributed by atoms with Crippen molar-refractivity contribution >= 4 is 11.0 Å². The number of aromatic nitrogens is 1. The van der Waals surface area contributed by atoms with E-state index in [4.69, 9.17) is 4.42 Å². The molecule has 0 N–H and O–H groups in total. The van der Waals surface area contributed by atoms with E-state index in [1.807, 2.05) is 0 Å². The Morgan fingerprint density at radius 2 is 1.72 bits per heavy atom. The van der Waals surface area contributed by atoms with Crippen molar-refractivity contribution in [3.63, 3.8) is 0 Å². The standard InChI is InChI=1S/C16H22NO/c1-17-11-10-16-14(12-17)13-8-6-4-2-3-5-7-9-15(13)18-16/h10-12H,2-9H2,1H3/q+1. The van der Waals surface area contributed by atoms with Gasteiger partial charge in [-0.05, 0) is 19.3 Å². The van der Waals surface area contributed by atoms with Gasteiger partial charge < -0.3 is 4.42 Å². The zero-order valence-corrected chi connectivity index (χ0v) is 11.2. The van der Waals surface area contributed by atoms with Crippen LogP contribution in [0.25, 0.3) is 11.0 Å². The number of rotatable bonds is 0. The first-order valence-corrected chi connectivity index (χ1v) is 7.24. The fraction of sp³-hybridized carbons (Fsp3) is 0.562. The van der Waals surface area contributed by atoms with E-state index in [0.717, 1.165) is 12.0 Å². The molecule has 0 radical (unpaired) electrons. The lowest BCUT2D eigenvalue weighted by Crippen LogP contribution is -2.25. The van der Waals surface area contributed by atoms with Crippen LogP contribution in [0.15, 0.2) is 22.9 Å².